The van der Waals surface area contributed by atoms with E-state index in [0.717, 1.165) is 42.7 Å². The van der Waals surface area contributed by atoms with Gasteiger partial charge in [0.1, 0.15) is 6.33 Å². The molecule has 3 rings (SSSR count). The molecule has 2 heterocycles. The van der Waals surface area contributed by atoms with Crippen LogP contribution in [0.1, 0.15) is 30.9 Å². The van der Waals surface area contributed by atoms with Crippen LogP contribution in [-0.4, -0.2) is 28.0 Å². The standard InChI is InChI=1S/C18H23N5O2/c1-12-6-8-22(9-7-12)18-16(23(24)25)17(19-11-20-18)21-15-5-4-13(2)10-14(15)3/h4-5,10-12H,6-9H2,1-3H3,(H,19,20,21). The molecule has 0 amide bonds. The summed E-state index contributed by atoms with van der Waals surface area (Å²) in [6, 6.07) is 5.91. The number of rotatable bonds is 4. The van der Waals surface area contributed by atoms with Crippen LogP contribution >= 0.6 is 0 Å². The summed E-state index contributed by atoms with van der Waals surface area (Å²) in [5, 5.41) is 14.9. The zero-order chi connectivity index (χ0) is 18.0. The van der Waals surface area contributed by atoms with Gasteiger partial charge in [0.2, 0.25) is 11.6 Å². The average Bonchev–Trinajstić information content (AvgIpc) is 2.57. The Kier molecular flexibility index (Phi) is 4.83. The lowest BCUT2D eigenvalue weighted by atomic mass is 9.99. The summed E-state index contributed by atoms with van der Waals surface area (Å²) in [5.41, 5.74) is 2.91. The number of aryl methyl sites for hydroxylation is 2. The molecule has 0 spiro atoms. The molecule has 0 bridgehead atoms. The maximum Gasteiger partial charge on any atom is 0.353 e. The minimum absolute atomic E-state index is 0.0583. The molecule has 1 aromatic heterocycles. The van der Waals surface area contributed by atoms with Gasteiger partial charge < -0.3 is 10.2 Å². The Hall–Kier alpha value is -2.70. The number of nitro groups is 1. The Morgan fingerprint density at radius 1 is 1.24 bits per heavy atom. The van der Waals surface area contributed by atoms with Gasteiger partial charge in [-0.05, 0) is 44.2 Å². The summed E-state index contributed by atoms with van der Waals surface area (Å²) in [5.74, 6) is 1.28. The van der Waals surface area contributed by atoms with Crippen LogP contribution in [0.15, 0.2) is 24.5 Å². The molecule has 0 aliphatic carbocycles. The molecule has 2 aromatic rings. The van der Waals surface area contributed by atoms with Crippen LogP contribution in [-0.2, 0) is 0 Å². The summed E-state index contributed by atoms with van der Waals surface area (Å²) < 4.78 is 0. The molecule has 0 unspecified atom stereocenters. The van der Waals surface area contributed by atoms with E-state index in [-0.39, 0.29) is 16.4 Å². The van der Waals surface area contributed by atoms with E-state index >= 15 is 0 Å². The molecule has 0 saturated carbocycles. The van der Waals surface area contributed by atoms with Crippen molar-refractivity contribution < 1.29 is 4.92 Å². The number of aromatic nitrogens is 2. The topological polar surface area (TPSA) is 84.2 Å². The highest BCUT2D eigenvalue weighted by Crippen LogP contribution is 2.35. The van der Waals surface area contributed by atoms with Gasteiger partial charge in [0.25, 0.3) is 0 Å². The molecule has 1 N–H and O–H groups in total. The van der Waals surface area contributed by atoms with Crippen molar-refractivity contribution in [2.24, 2.45) is 5.92 Å². The van der Waals surface area contributed by atoms with E-state index in [4.69, 9.17) is 0 Å². The van der Waals surface area contributed by atoms with Crippen molar-refractivity contribution in [2.45, 2.75) is 33.6 Å². The molecule has 7 nitrogen and oxygen atoms in total. The van der Waals surface area contributed by atoms with E-state index in [9.17, 15) is 10.1 Å². The number of hydrogen-bond donors (Lipinski definition) is 1. The third-order valence-corrected chi connectivity index (χ3v) is 4.70. The van der Waals surface area contributed by atoms with Gasteiger partial charge in [-0.1, -0.05) is 24.6 Å². The molecule has 0 radical (unpaired) electrons. The molecule has 132 valence electrons. The van der Waals surface area contributed by atoms with Crippen molar-refractivity contribution >= 4 is 23.0 Å². The second-order valence-corrected chi connectivity index (χ2v) is 6.76. The summed E-state index contributed by atoms with van der Waals surface area (Å²) in [6.07, 6.45) is 3.42. The summed E-state index contributed by atoms with van der Waals surface area (Å²) in [4.78, 5) is 21.7. The molecule has 1 fully saturated rings. The highest BCUT2D eigenvalue weighted by molar-refractivity contribution is 5.75. The largest absolute Gasteiger partial charge is 0.353 e. The number of nitrogens with zero attached hydrogens (tertiary/aromatic N) is 4. The number of piperidine rings is 1. The van der Waals surface area contributed by atoms with Gasteiger partial charge in [-0.3, -0.25) is 10.1 Å². The van der Waals surface area contributed by atoms with Gasteiger partial charge in [-0.15, -0.1) is 0 Å². The van der Waals surface area contributed by atoms with E-state index in [2.05, 4.69) is 22.2 Å². The van der Waals surface area contributed by atoms with Crippen LogP contribution in [0.25, 0.3) is 0 Å². The first-order valence-corrected chi connectivity index (χ1v) is 8.54. The lowest BCUT2D eigenvalue weighted by Crippen LogP contribution is -2.34. The first-order chi connectivity index (χ1) is 12.0. The average molecular weight is 341 g/mol. The van der Waals surface area contributed by atoms with E-state index < -0.39 is 0 Å². The second-order valence-electron chi connectivity index (χ2n) is 6.76. The Morgan fingerprint density at radius 3 is 2.60 bits per heavy atom. The molecule has 0 atom stereocenters. The number of benzene rings is 1. The van der Waals surface area contributed by atoms with Crippen LogP contribution in [0.3, 0.4) is 0 Å². The number of anilines is 3. The Balaban J connectivity index is 1.96. The molecule has 25 heavy (non-hydrogen) atoms. The molecule has 7 heteroatoms. The molecule has 1 saturated heterocycles. The van der Waals surface area contributed by atoms with Crippen LogP contribution < -0.4 is 10.2 Å². The maximum atomic E-state index is 11.7. The fraction of sp³-hybridized carbons (Fsp3) is 0.444. The van der Waals surface area contributed by atoms with Crippen LogP contribution in [0.4, 0.5) is 23.0 Å². The Labute approximate surface area is 147 Å². The van der Waals surface area contributed by atoms with Gasteiger partial charge in [0.15, 0.2) is 0 Å². The lowest BCUT2D eigenvalue weighted by molar-refractivity contribution is -0.383. The van der Waals surface area contributed by atoms with Crippen molar-refractivity contribution in [3.63, 3.8) is 0 Å². The van der Waals surface area contributed by atoms with Gasteiger partial charge in [-0.2, -0.15) is 0 Å². The van der Waals surface area contributed by atoms with Crippen molar-refractivity contribution in [1.29, 1.82) is 0 Å². The van der Waals surface area contributed by atoms with E-state index in [1.54, 1.807) is 0 Å². The van der Waals surface area contributed by atoms with Crippen molar-refractivity contribution in [1.82, 2.24) is 9.97 Å². The van der Waals surface area contributed by atoms with Crippen LogP contribution in [0.2, 0.25) is 0 Å². The zero-order valence-corrected chi connectivity index (χ0v) is 14.8. The minimum atomic E-state index is -0.390. The quantitative estimate of drug-likeness (QED) is 0.669. The van der Waals surface area contributed by atoms with E-state index in [1.807, 2.05) is 36.9 Å². The maximum absolute atomic E-state index is 11.7. The second kappa shape index (κ2) is 7.04. The monoisotopic (exact) mass is 341 g/mol. The van der Waals surface area contributed by atoms with Crippen molar-refractivity contribution in [3.05, 3.63) is 45.8 Å². The van der Waals surface area contributed by atoms with Crippen molar-refractivity contribution in [2.75, 3.05) is 23.3 Å². The highest BCUT2D eigenvalue weighted by Gasteiger charge is 2.29. The molecule has 1 aliphatic rings. The lowest BCUT2D eigenvalue weighted by Gasteiger charge is -2.30. The predicted molar refractivity (Wildman–Crippen MR) is 98.5 cm³/mol. The third-order valence-electron chi connectivity index (χ3n) is 4.70. The highest BCUT2D eigenvalue weighted by atomic mass is 16.6. The summed E-state index contributed by atoms with van der Waals surface area (Å²) in [6.45, 7) is 7.75. The molecule has 1 aliphatic heterocycles. The minimum Gasteiger partial charge on any atom is -0.351 e. The molecular formula is C18H23N5O2. The van der Waals surface area contributed by atoms with Crippen LogP contribution in [0, 0.1) is 29.9 Å². The Bertz CT molecular complexity index is 785. The van der Waals surface area contributed by atoms with Crippen molar-refractivity contribution in [3.8, 4) is 0 Å². The summed E-state index contributed by atoms with van der Waals surface area (Å²) in [7, 11) is 0. The van der Waals surface area contributed by atoms with Gasteiger partial charge in [-0.25, -0.2) is 9.97 Å². The normalized spacial score (nSPS) is 15.2. The number of hydrogen-bond acceptors (Lipinski definition) is 6. The first kappa shape index (κ1) is 17.1. The fourth-order valence-corrected chi connectivity index (χ4v) is 3.16. The Morgan fingerprint density at radius 2 is 1.96 bits per heavy atom. The van der Waals surface area contributed by atoms with Gasteiger partial charge >= 0.3 is 5.69 Å². The number of nitrogens with one attached hydrogen (secondary N) is 1. The van der Waals surface area contributed by atoms with E-state index in [0.29, 0.717) is 11.7 Å². The molecular weight excluding hydrogens is 318 g/mol. The van der Waals surface area contributed by atoms with E-state index in [1.165, 1.54) is 6.33 Å². The zero-order valence-electron chi connectivity index (χ0n) is 14.8. The van der Waals surface area contributed by atoms with Gasteiger partial charge in [0, 0.05) is 18.8 Å². The smallest absolute Gasteiger partial charge is 0.351 e. The summed E-state index contributed by atoms with van der Waals surface area (Å²) >= 11 is 0. The molecule has 1 aromatic carbocycles. The third kappa shape index (κ3) is 3.70. The first-order valence-electron chi connectivity index (χ1n) is 8.54. The predicted octanol–water partition coefficient (Wildman–Crippen LogP) is 3.98. The fourth-order valence-electron chi connectivity index (χ4n) is 3.16. The van der Waals surface area contributed by atoms with Gasteiger partial charge in [0.05, 0.1) is 4.92 Å². The SMILES string of the molecule is Cc1ccc(Nc2ncnc(N3CCC(C)CC3)c2[N+](=O)[O-])c(C)c1. The van der Waals surface area contributed by atoms with Crippen LogP contribution in [0.5, 0.6) is 0 Å².